The molecule has 0 aliphatic carbocycles. The zero-order chi connectivity index (χ0) is 20.1. The Kier molecular flexibility index (Phi) is 5.35. The maximum atomic E-state index is 12.4. The molecule has 3 aromatic rings. The number of nitro groups is 1. The third-order valence-corrected chi connectivity index (χ3v) is 3.76. The molecule has 0 aliphatic rings. The number of hydrogen-bond donors (Lipinski definition) is 2. The number of carbonyl (C=O) groups is 2. The van der Waals surface area contributed by atoms with Crippen LogP contribution in [0.4, 0.5) is 17.3 Å². The molecule has 0 radical (unpaired) electrons. The first-order chi connectivity index (χ1) is 13.5. The van der Waals surface area contributed by atoms with E-state index in [2.05, 4.69) is 10.6 Å². The Morgan fingerprint density at radius 3 is 2.32 bits per heavy atom. The lowest BCUT2D eigenvalue weighted by Crippen LogP contribution is -2.13. The number of para-hydroxylation sites is 2. The first kappa shape index (κ1) is 18.6. The lowest BCUT2D eigenvalue weighted by atomic mass is 10.2. The minimum absolute atomic E-state index is 0.190. The number of rotatable bonds is 6. The van der Waals surface area contributed by atoms with Gasteiger partial charge in [-0.15, -0.1) is 0 Å². The van der Waals surface area contributed by atoms with Crippen molar-refractivity contribution in [2.75, 3.05) is 17.7 Å². The molecule has 142 valence electrons. The molecule has 0 fully saturated rings. The number of benzene rings is 2. The van der Waals surface area contributed by atoms with E-state index in [1.54, 1.807) is 24.3 Å². The van der Waals surface area contributed by atoms with Crippen LogP contribution in [0.25, 0.3) is 0 Å². The summed E-state index contributed by atoms with van der Waals surface area (Å²) >= 11 is 0. The van der Waals surface area contributed by atoms with Crippen molar-refractivity contribution in [3.63, 3.8) is 0 Å². The maximum absolute atomic E-state index is 12.4. The van der Waals surface area contributed by atoms with E-state index in [0.717, 1.165) is 6.07 Å². The minimum Gasteiger partial charge on any atom is -0.495 e. The summed E-state index contributed by atoms with van der Waals surface area (Å²) in [5.74, 6) is -1.16. The van der Waals surface area contributed by atoms with Gasteiger partial charge in [0.2, 0.25) is 0 Å². The third-order valence-electron chi connectivity index (χ3n) is 3.76. The highest BCUT2D eigenvalue weighted by Gasteiger charge is 2.17. The van der Waals surface area contributed by atoms with Crippen LogP contribution in [-0.4, -0.2) is 23.8 Å². The van der Waals surface area contributed by atoms with Gasteiger partial charge in [-0.25, -0.2) is 0 Å². The van der Waals surface area contributed by atoms with Gasteiger partial charge in [-0.2, -0.15) is 0 Å². The highest BCUT2D eigenvalue weighted by Crippen LogP contribution is 2.24. The Labute approximate surface area is 159 Å². The van der Waals surface area contributed by atoms with E-state index in [1.807, 2.05) is 0 Å². The van der Waals surface area contributed by atoms with Crippen LogP contribution in [0.5, 0.6) is 5.75 Å². The monoisotopic (exact) mass is 381 g/mol. The molecule has 9 heteroatoms. The molecule has 3 rings (SSSR count). The molecule has 28 heavy (non-hydrogen) atoms. The van der Waals surface area contributed by atoms with Gasteiger partial charge < -0.3 is 19.8 Å². The van der Waals surface area contributed by atoms with Gasteiger partial charge in [0, 0.05) is 11.3 Å². The van der Waals surface area contributed by atoms with Crippen molar-refractivity contribution < 1.29 is 23.7 Å². The molecule has 1 aromatic heterocycles. The topological polar surface area (TPSA) is 124 Å². The standard InChI is InChI=1S/C19H15N3O6/c1-27-15-5-3-2-4-14(15)21-18(23)12-6-8-13(9-7-12)20-19(24)16-10-11-17(28-16)22(25)26/h2-11H,1H3,(H,20,24)(H,21,23). The van der Waals surface area contributed by atoms with Crippen LogP contribution in [0.15, 0.2) is 65.1 Å². The molecule has 0 aliphatic heterocycles. The van der Waals surface area contributed by atoms with Crippen LogP contribution in [0.3, 0.4) is 0 Å². The molecule has 2 aromatic carbocycles. The summed E-state index contributed by atoms with van der Waals surface area (Å²) in [6, 6.07) is 15.5. The van der Waals surface area contributed by atoms with Gasteiger partial charge in [0.15, 0.2) is 5.76 Å². The fourth-order valence-electron chi connectivity index (χ4n) is 2.39. The molecule has 0 unspecified atom stereocenters. The van der Waals surface area contributed by atoms with Gasteiger partial charge in [-0.05, 0) is 42.5 Å². The number of methoxy groups -OCH3 is 1. The van der Waals surface area contributed by atoms with Crippen molar-refractivity contribution >= 4 is 29.1 Å². The molecule has 2 amide bonds. The van der Waals surface area contributed by atoms with Crippen LogP contribution >= 0.6 is 0 Å². The van der Waals surface area contributed by atoms with Crippen molar-refractivity contribution in [3.8, 4) is 5.75 Å². The van der Waals surface area contributed by atoms with Gasteiger partial charge in [0.25, 0.3) is 11.8 Å². The van der Waals surface area contributed by atoms with Gasteiger partial charge in [-0.1, -0.05) is 12.1 Å². The van der Waals surface area contributed by atoms with E-state index >= 15 is 0 Å². The first-order valence-corrected chi connectivity index (χ1v) is 8.08. The van der Waals surface area contributed by atoms with Gasteiger partial charge in [-0.3, -0.25) is 19.7 Å². The van der Waals surface area contributed by atoms with Crippen molar-refractivity contribution in [2.24, 2.45) is 0 Å². The van der Waals surface area contributed by atoms with Crippen LogP contribution in [-0.2, 0) is 0 Å². The van der Waals surface area contributed by atoms with Crippen molar-refractivity contribution in [3.05, 3.63) is 82.1 Å². The average molecular weight is 381 g/mol. The van der Waals surface area contributed by atoms with E-state index in [-0.39, 0.29) is 11.7 Å². The Balaban J connectivity index is 1.66. The highest BCUT2D eigenvalue weighted by atomic mass is 16.6. The predicted octanol–water partition coefficient (Wildman–Crippen LogP) is 3.70. The third kappa shape index (κ3) is 4.15. The van der Waals surface area contributed by atoms with Gasteiger partial charge in [0.1, 0.15) is 10.7 Å². The van der Waals surface area contributed by atoms with Crippen molar-refractivity contribution in [2.45, 2.75) is 0 Å². The van der Waals surface area contributed by atoms with Crippen molar-refractivity contribution in [1.29, 1.82) is 0 Å². The molecule has 0 saturated heterocycles. The Morgan fingerprint density at radius 2 is 1.68 bits per heavy atom. The quantitative estimate of drug-likeness (QED) is 0.496. The van der Waals surface area contributed by atoms with Crippen LogP contribution in [0, 0.1) is 10.1 Å². The van der Waals surface area contributed by atoms with E-state index in [4.69, 9.17) is 9.15 Å². The number of anilines is 2. The summed E-state index contributed by atoms with van der Waals surface area (Å²) < 4.78 is 10.0. The fraction of sp³-hybridized carbons (Fsp3) is 0.0526. The van der Waals surface area contributed by atoms with Crippen LogP contribution in [0.2, 0.25) is 0 Å². The number of hydrogen-bond acceptors (Lipinski definition) is 6. The smallest absolute Gasteiger partial charge is 0.433 e. The number of ether oxygens (including phenoxy) is 1. The minimum atomic E-state index is -0.730. The first-order valence-electron chi connectivity index (χ1n) is 8.08. The van der Waals surface area contributed by atoms with Gasteiger partial charge in [0.05, 0.1) is 18.9 Å². The lowest BCUT2D eigenvalue weighted by molar-refractivity contribution is -0.402. The largest absolute Gasteiger partial charge is 0.495 e. The van der Waals surface area contributed by atoms with E-state index in [0.29, 0.717) is 22.7 Å². The number of carbonyl (C=O) groups excluding carboxylic acids is 2. The SMILES string of the molecule is COc1ccccc1NC(=O)c1ccc(NC(=O)c2ccc([N+](=O)[O-])o2)cc1. The van der Waals surface area contributed by atoms with Crippen molar-refractivity contribution in [1.82, 2.24) is 0 Å². The summed E-state index contributed by atoms with van der Waals surface area (Å²) in [6.45, 7) is 0. The zero-order valence-corrected chi connectivity index (χ0v) is 14.7. The molecule has 0 bridgehead atoms. The highest BCUT2D eigenvalue weighted by molar-refractivity contribution is 6.06. The summed E-state index contributed by atoms with van der Waals surface area (Å²) in [5.41, 5.74) is 1.31. The molecular weight excluding hydrogens is 366 g/mol. The fourth-order valence-corrected chi connectivity index (χ4v) is 2.39. The second kappa shape index (κ2) is 8.04. The summed E-state index contributed by atoms with van der Waals surface area (Å²) in [5, 5.41) is 15.9. The Morgan fingerprint density at radius 1 is 0.964 bits per heavy atom. The second-order valence-corrected chi connectivity index (χ2v) is 5.58. The van der Waals surface area contributed by atoms with Crippen LogP contribution in [0.1, 0.15) is 20.9 Å². The number of nitrogens with one attached hydrogen (secondary N) is 2. The summed E-state index contributed by atoms with van der Waals surface area (Å²) in [4.78, 5) is 34.3. The Hall–Kier alpha value is -4.14. The van der Waals surface area contributed by atoms with E-state index < -0.39 is 16.7 Å². The normalized spacial score (nSPS) is 10.2. The Bertz CT molecular complexity index is 1030. The number of amides is 2. The summed E-state index contributed by atoms with van der Waals surface area (Å²) in [6.07, 6.45) is 0. The molecule has 2 N–H and O–H groups in total. The molecule has 0 spiro atoms. The summed E-state index contributed by atoms with van der Waals surface area (Å²) in [7, 11) is 1.51. The lowest BCUT2D eigenvalue weighted by Gasteiger charge is -2.10. The second-order valence-electron chi connectivity index (χ2n) is 5.58. The van der Waals surface area contributed by atoms with E-state index in [1.165, 1.54) is 37.4 Å². The predicted molar refractivity (Wildman–Crippen MR) is 101 cm³/mol. The number of nitrogens with zero attached hydrogens (tertiary/aromatic N) is 1. The molecular formula is C19H15N3O6. The maximum Gasteiger partial charge on any atom is 0.433 e. The molecule has 0 atom stereocenters. The van der Waals surface area contributed by atoms with E-state index in [9.17, 15) is 19.7 Å². The number of furan rings is 1. The molecule has 9 nitrogen and oxygen atoms in total. The van der Waals surface area contributed by atoms with Gasteiger partial charge >= 0.3 is 5.88 Å². The zero-order valence-electron chi connectivity index (χ0n) is 14.7. The molecule has 1 heterocycles. The van der Waals surface area contributed by atoms with Crippen LogP contribution < -0.4 is 15.4 Å². The molecule has 0 saturated carbocycles. The average Bonchev–Trinajstić information content (AvgIpc) is 3.20.